The van der Waals surface area contributed by atoms with Crippen molar-refractivity contribution in [2.75, 3.05) is 5.32 Å². The fourth-order valence-corrected chi connectivity index (χ4v) is 4.38. The minimum Gasteiger partial charge on any atom is -0.406 e. The van der Waals surface area contributed by atoms with E-state index in [1.54, 1.807) is 17.0 Å². The number of allylic oxidation sites excluding steroid dienone is 6. The van der Waals surface area contributed by atoms with Crippen LogP contribution in [0.4, 0.5) is 32.0 Å². The van der Waals surface area contributed by atoms with Crippen LogP contribution in [0.15, 0.2) is 107 Å². The van der Waals surface area contributed by atoms with E-state index in [1.165, 1.54) is 48.7 Å². The van der Waals surface area contributed by atoms with Gasteiger partial charge in [-0.25, -0.2) is 4.98 Å². The molecule has 0 spiro atoms. The number of ether oxygens (including phenoxy) is 1. The topological polar surface area (TPSA) is 63.8 Å². The third kappa shape index (κ3) is 6.04. The van der Waals surface area contributed by atoms with Crippen LogP contribution in [0.3, 0.4) is 0 Å². The fraction of sp³-hybridized carbons (Fsp3) is 0.111. The van der Waals surface area contributed by atoms with Gasteiger partial charge in [-0.3, -0.25) is 4.57 Å². The molecule has 3 aromatic rings. The first-order valence-electron chi connectivity index (χ1n) is 11.6. The maximum absolute atomic E-state index is 13.2. The molecule has 0 bridgehead atoms. The molecule has 6 nitrogen and oxygen atoms in total. The minimum atomic E-state index is -4.77. The van der Waals surface area contributed by atoms with E-state index in [1.807, 2.05) is 24.3 Å². The van der Waals surface area contributed by atoms with Crippen molar-refractivity contribution in [2.45, 2.75) is 18.5 Å². The average Bonchev–Trinajstić information content (AvgIpc) is 3.32. The van der Waals surface area contributed by atoms with Gasteiger partial charge in [-0.1, -0.05) is 30.4 Å². The van der Waals surface area contributed by atoms with Gasteiger partial charge in [-0.15, -0.1) is 18.3 Å². The number of nitrogens with zero attached hydrogens (tertiary/aromatic N) is 4. The number of aromatic nitrogens is 2. The number of anilines is 1. The molecule has 1 unspecified atom stereocenters. The lowest BCUT2D eigenvalue weighted by Crippen LogP contribution is -2.17. The Bertz CT molecular complexity index is 1600. The Morgan fingerprint density at radius 3 is 2.48 bits per heavy atom. The molecule has 2 aliphatic rings. The number of hydrogen-bond donors (Lipinski definition) is 1. The van der Waals surface area contributed by atoms with Crippen molar-refractivity contribution in [1.29, 1.82) is 0 Å². The van der Waals surface area contributed by atoms with Crippen LogP contribution in [0.25, 0.3) is 11.8 Å². The first kappa shape index (κ1) is 27.1. The van der Waals surface area contributed by atoms with Crippen molar-refractivity contribution in [3.05, 3.63) is 113 Å². The van der Waals surface area contributed by atoms with Crippen LogP contribution in [-0.4, -0.2) is 21.0 Å². The van der Waals surface area contributed by atoms with Gasteiger partial charge in [0.15, 0.2) is 0 Å². The van der Waals surface area contributed by atoms with Crippen LogP contribution in [0.1, 0.15) is 22.9 Å². The van der Waals surface area contributed by atoms with Crippen LogP contribution in [0.5, 0.6) is 5.75 Å². The molecule has 0 saturated heterocycles. The van der Waals surface area contributed by atoms with E-state index < -0.39 is 18.1 Å². The second-order valence-corrected chi connectivity index (χ2v) is 8.95. The second-order valence-electron chi connectivity index (χ2n) is 8.56. The summed E-state index contributed by atoms with van der Waals surface area (Å²) in [6.07, 6.45) is 3.01. The first-order valence-corrected chi connectivity index (χ1v) is 12.0. The van der Waals surface area contributed by atoms with Crippen LogP contribution in [0.2, 0.25) is 0 Å². The molecule has 0 amide bonds. The summed E-state index contributed by atoms with van der Waals surface area (Å²) in [5.74, 6) is -0.481. The number of rotatable bonds is 4. The van der Waals surface area contributed by atoms with Gasteiger partial charge < -0.3 is 10.1 Å². The van der Waals surface area contributed by atoms with Gasteiger partial charge in [0.2, 0.25) is 5.11 Å². The predicted octanol–water partition coefficient (Wildman–Crippen LogP) is 8.13. The minimum absolute atomic E-state index is 0.162. The Morgan fingerprint density at radius 1 is 1.00 bits per heavy atom. The molecule has 204 valence electrons. The SMILES string of the molecule is FC(F)(F)Oc1ccc(-n2cnc3c2C=CC2=C/C(=C/N=NC(=S)Nc4ccccc4C(F)(F)F)C=CC23)cc1. The smallest absolute Gasteiger partial charge is 0.406 e. The molecule has 2 aliphatic carbocycles. The van der Waals surface area contributed by atoms with Crippen LogP contribution in [0, 0.1) is 0 Å². The van der Waals surface area contributed by atoms with E-state index >= 15 is 0 Å². The summed E-state index contributed by atoms with van der Waals surface area (Å²) in [5.41, 5.74) is 2.66. The maximum atomic E-state index is 13.2. The average molecular weight is 574 g/mol. The summed E-state index contributed by atoms with van der Waals surface area (Å²) in [7, 11) is 0. The molecule has 1 aromatic heterocycles. The lowest BCUT2D eigenvalue weighted by molar-refractivity contribution is -0.274. The zero-order valence-corrected chi connectivity index (χ0v) is 20.9. The number of alkyl halides is 6. The summed E-state index contributed by atoms with van der Waals surface area (Å²) >= 11 is 5.01. The van der Waals surface area contributed by atoms with Gasteiger partial charge in [0.05, 0.1) is 28.8 Å². The number of imidazole rings is 1. The van der Waals surface area contributed by atoms with Gasteiger partial charge in [0.25, 0.3) is 0 Å². The van der Waals surface area contributed by atoms with Crippen LogP contribution in [-0.2, 0) is 6.18 Å². The molecule has 13 heteroatoms. The Morgan fingerprint density at radius 2 is 1.75 bits per heavy atom. The normalized spacial score (nSPS) is 17.5. The fourth-order valence-electron chi connectivity index (χ4n) is 4.22. The van der Waals surface area contributed by atoms with Crippen LogP contribution < -0.4 is 10.1 Å². The van der Waals surface area contributed by atoms with Gasteiger partial charge in [0, 0.05) is 11.6 Å². The Balaban J connectivity index is 1.28. The van der Waals surface area contributed by atoms with Gasteiger partial charge >= 0.3 is 12.5 Å². The van der Waals surface area contributed by atoms with E-state index in [4.69, 9.17) is 12.2 Å². The number of hydrogen-bond acceptors (Lipinski definition) is 4. The highest BCUT2D eigenvalue weighted by Gasteiger charge is 2.33. The molecular formula is C27H17F6N5OS. The standard InChI is InChI=1S/C27H17F6N5OS/c28-26(29,30)21-3-1-2-4-22(21)36-25(40)37-35-14-16-5-11-20-17(13-16)6-12-23-24(20)34-15-38(23)18-7-9-19(10-8-18)39-27(31,32)33/h1-15,20H,(H,36,40)/b16-14+,37-35?. The summed E-state index contributed by atoms with van der Waals surface area (Å²) in [6.45, 7) is 0. The number of benzene rings is 2. The molecule has 1 atom stereocenters. The summed E-state index contributed by atoms with van der Waals surface area (Å²) in [5, 5.41) is 9.89. The van der Waals surface area contributed by atoms with Gasteiger partial charge in [-0.05, 0) is 71.9 Å². The lowest BCUT2D eigenvalue weighted by atomic mass is 9.84. The van der Waals surface area contributed by atoms with E-state index in [9.17, 15) is 26.3 Å². The zero-order valence-electron chi connectivity index (χ0n) is 20.1. The number of azo groups is 1. The quantitative estimate of drug-likeness (QED) is 0.195. The van der Waals surface area contributed by atoms with Crippen molar-refractivity contribution in [1.82, 2.24) is 9.55 Å². The molecule has 0 saturated carbocycles. The molecule has 1 N–H and O–H groups in total. The third-order valence-electron chi connectivity index (χ3n) is 5.91. The number of nitrogens with one attached hydrogen (secondary N) is 1. The summed E-state index contributed by atoms with van der Waals surface area (Å²) < 4.78 is 82.5. The van der Waals surface area contributed by atoms with Crippen LogP contribution >= 0.6 is 12.2 Å². The highest BCUT2D eigenvalue weighted by molar-refractivity contribution is 7.80. The van der Waals surface area contributed by atoms with Crippen molar-refractivity contribution in [3.8, 4) is 11.4 Å². The first-order chi connectivity index (χ1) is 19.0. The lowest BCUT2D eigenvalue weighted by Gasteiger charge is -2.22. The largest absolute Gasteiger partial charge is 0.573 e. The van der Waals surface area contributed by atoms with E-state index in [0.717, 1.165) is 23.0 Å². The van der Waals surface area contributed by atoms with Gasteiger partial charge in [-0.2, -0.15) is 18.3 Å². The number of fused-ring (bicyclic) bond motifs is 3. The highest BCUT2D eigenvalue weighted by Crippen LogP contribution is 2.38. The van der Waals surface area contributed by atoms with E-state index in [0.29, 0.717) is 11.3 Å². The number of halogens is 6. The van der Waals surface area contributed by atoms with Crippen molar-refractivity contribution in [3.63, 3.8) is 0 Å². The predicted molar refractivity (Wildman–Crippen MR) is 140 cm³/mol. The van der Waals surface area contributed by atoms with E-state index in [2.05, 4.69) is 25.3 Å². The Labute approximate surface area is 228 Å². The molecule has 0 aliphatic heterocycles. The summed E-state index contributed by atoms with van der Waals surface area (Å²) in [4.78, 5) is 4.52. The Kier molecular flexibility index (Phi) is 7.15. The van der Waals surface area contributed by atoms with Crippen molar-refractivity contribution < 1.29 is 31.1 Å². The molecule has 2 aromatic carbocycles. The van der Waals surface area contributed by atoms with Crippen molar-refractivity contribution >= 4 is 29.1 Å². The molecule has 1 heterocycles. The molecule has 5 rings (SSSR count). The number of thiocarbonyl (C=S) groups is 1. The van der Waals surface area contributed by atoms with E-state index in [-0.39, 0.29) is 22.5 Å². The van der Waals surface area contributed by atoms with Crippen molar-refractivity contribution in [2.24, 2.45) is 10.2 Å². The summed E-state index contributed by atoms with van der Waals surface area (Å²) in [6, 6.07) is 10.4. The highest BCUT2D eigenvalue weighted by atomic mass is 32.1. The second kappa shape index (κ2) is 10.6. The molecule has 0 radical (unpaired) electrons. The molecule has 40 heavy (non-hydrogen) atoms. The maximum Gasteiger partial charge on any atom is 0.573 e. The molecular weight excluding hydrogens is 556 g/mol. The van der Waals surface area contributed by atoms with Gasteiger partial charge in [0.1, 0.15) is 12.1 Å². The number of para-hydroxylation sites is 1. The Hall–Kier alpha value is -4.52. The third-order valence-corrected chi connectivity index (χ3v) is 6.10. The monoisotopic (exact) mass is 573 g/mol. The molecule has 0 fully saturated rings. The zero-order chi connectivity index (χ0) is 28.5.